The highest BCUT2D eigenvalue weighted by atomic mass is 16.6. The molecule has 1 N–H and O–H groups in total. The third-order valence-electron chi connectivity index (χ3n) is 1.47. The van der Waals surface area contributed by atoms with Gasteiger partial charge < -0.3 is 9.84 Å². The number of carboxylic acids is 1. The Bertz CT molecular complexity index is 121. The molecule has 1 aliphatic rings. The maximum atomic E-state index is 10.0. The molecule has 1 saturated heterocycles. The lowest BCUT2D eigenvalue weighted by Gasteiger charge is -1.83. The Balaban J connectivity index is 2.12. The van der Waals surface area contributed by atoms with Crippen molar-refractivity contribution in [3.05, 3.63) is 0 Å². The van der Waals surface area contributed by atoms with Gasteiger partial charge in [0.15, 0.2) is 0 Å². The summed E-state index contributed by atoms with van der Waals surface area (Å²) < 4.78 is 5.00. The summed E-state index contributed by atoms with van der Waals surface area (Å²) in [4.78, 5) is 10.0. The van der Waals surface area contributed by atoms with Gasteiger partial charge in [-0.25, -0.2) is 0 Å². The highest BCUT2D eigenvalue weighted by Gasteiger charge is 2.38. The van der Waals surface area contributed by atoms with Crippen molar-refractivity contribution < 1.29 is 14.6 Å². The SMILES string of the molecule is CC[C@@H]1O[C@H]1CC(=O)O. The molecule has 3 heteroatoms. The van der Waals surface area contributed by atoms with Crippen LogP contribution >= 0.6 is 0 Å². The lowest BCUT2D eigenvalue weighted by molar-refractivity contribution is -0.137. The highest BCUT2D eigenvalue weighted by molar-refractivity contribution is 5.67. The molecule has 3 nitrogen and oxygen atoms in total. The number of aliphatic carboxylic acids is 1. The Labute approximate surface area is 53.6 Å². The van der Waals surface area contributed by atoms with Gasteiger partial charge in [-0.05, 0) is 6.42 Å². The molecule has 0 aromatic heterocycles. The molecule has 0 amide bonds. The largest absolute Gasteiger partial charge is 0.481 e. The van der Waals surface area contributed by atoms with Crippen molar-refractivity contribution in [3.8, 4) is 0 Å². The Kier molecular flexibility index (Phi) is 1.71. The number of hydrogen-bond donors (Lipinski definition) is 1. The van der Waals surface area contributed by atoms with Crippen LogP contribution < -0.4 is 0 Å². The van der Waals surface area contributed by atoms with Crippen molar-refractivity contribution >= 4 is 5.97 Å². The fourth-order valence-corrected chi connectivity index (χ4v) is 0.890. The van der Waals surface area contributed by atoms with Crippen LogP contribution in [-0.2, 0) is 9.53 Å². The second kappa shape index (κ2) is 2.35. The summed E-state index contributed by atoms with van der Waals surface area (Å²) in [5, 5.41) is 8.26. The van der Waals surface area contributed by atoms with Crippen LogP contribution in [0.25, 0.3) is 0 Å². The summed E-state index contributed by atoms with van der Waals surface area (Å²) >= 11 is 0. The Morgan fingerprint density at radius 1 is 1.67 bits per heavy atom. The molecule has 0 radical (unpaired) electrons. The van der Waals surface area contributed by atoms with E-state index in [1.54, 1.807) is 0 Å². The third kappa shape index (κ3) is 1.68. The summed E-state index contributed by atoms with van der Waals surface area (Å²) in [5.41, 5.74) is 0. The second-order valence-electron chi connectivity index (χ2n) is 2.22. The summed E-state index contributed by atoms with van der Waals surface area (Å²) in [7, 11) is 0. The van der Waals surface area contributed by atoms with E-state index in [0.717, 1.165) is 6.42 Å². The standard InChI is InChI=1S/C6H10O3/c1-2-4-5(9-4)3-6(7)8/h4-5H,2-3H2,1H3,(H,7,8)/t4-,5-/m0/s1. The first-order chi connectivity index (χ1) is 4.24. The molecular formula is C6H10O3. The molecule has 1 fully saturated rings. The predicted octanol–water partition coefficient (Wildman–Crippen LogP) is 0.639. The fourth-order valence-electron chi connectivity index (χ4n) is 0.890. The average molecular weight is 130 g/mol. The Morgan fingerprint density at radius 3 is 2.67 bits per heavy atom. The summed E-state index contributed by atoms with van der Waals surface area (Å²) in [6.45, 7) is 1.99. The third-order valence-corrected chi connectivity index (χ3v) is 1.47. The minimum absolute atomic E-state index is 0.00694. The molecule has 1 heterocycles. The van der Waals surface area contributed by atoms with E-state index in [0.29, 0.717) is 0 Å². The molecule has 0 saturated carbocycles. The minimum Gasteiger partial charge on any atom is -0.481 e. The Hall–Kier alpha value is -0.570. The zero-order chi connectivity index (χ0) is 6.85. The van der Waals surface area contributed by atoms with Crippen molar-refractivity contribution in [2.45, 2.75) is 32.0 Å². The number of ether oxygens (including phenoxy) is 1. The predicted molar refractivity (Wildman–Crippen MR) is 31.2 cm³/mol. The van der Waals surface area contributed by atoms with Gasteiger partial charge in [-0.1, -0.05) is 6.92 Å². The molecule has 1 aliphatic heterocycles. The molecule has 0 aromatic carbocycles. The number of rotatable bonds is 3. The summed E-state index contributed by atoms with van der Waals surface area (Å²) in [6, 6.07) is 0. The average Bonchev–Trinajstić information content (AvgIpc) is 2.45. The Morgan fingerprint density at radius 2 is 2.33 bits per heavy atom. The lowest BCUT2D eigenvalue weighted by atomic mass is 10.2. The molecule has 9 heavy (non-hydrogen) atoms. The van der Waals surface area contributed by atoms with Gasteiger partial charge in [0.05, 0.1) is 18.6 Å². The molecule has 0 aromatic rings. The van der Waals surface area contributed by atoms with Gasteiger partial charge in [0, 0.05) is 0 Å². The molecule has 0 aliphatic carbocycles. The van der Waals surface area contributed by atoms with Gasteiger partial charge in [-0.15, -0.1) is 0 Å². The van der Waals surface area contributed by atoms with Crippen LogP contribution in [0.3, 0.4) is 0 Å². The van der Waals surface area contributed by atoms with Crippen LogP contribution in [0, 0.1) is 0 Å². The van der Waals surface area contributed by atoms with E-state index in [1.165, 1.54) is 0 Å². The summed E-state index contributed by atoms with van der Waals surface area (Å²) in [5.74, 6) is -0.768. The molecule has 0 spiro atoms. The van der Waals surface area contributed by atoms with Crippen molar-refractivity contribution in [3.63, 3.8) is 0 Å². The molecule has 0 unspecified atom stereocenters. The van der Waals surface area contributed by atoms with E-state index >= 15 is 0 Å². The quantitative estimate of drug-likeness (QED) is 0.570. The topological polar surface area (TPSA) is 49.8 Å². The van der Waals surface area contributed by atoms with Crippen molar-refractivity contribution in [1.82, 2.24) is 0 Å². The van der Waals surface area contributed by atoms with Crippen LogP contribution in [0.2, 0.25) is 0 Å². The normalized spacial score (nSPS) is 32.1. The molecule has 0 bridgehead atoms. The van der Waals surface area contributed by atoms with Crippen LogP contribution in [0.15, 0.2) is 0 Å². The van der Waals surface area contributed by atoms with Gasteiger partial charge in [-0.3, -0.25) is 4.79 Å². The maximum absolute atomic E-state index is 10.0. The van der Waals surface area contributed by atoms with Gasteiger partial charge in [0.25, 0.3) is 0 Å². The van der Waals surface area contributed by atoms with Gasteiger partial charge >= 0.3 is 5.97 Å². The minimum atomic E-state index is -0.768. The number of hydrogen-bond acceptors (Lipinski definition) is 2. The van der Waals surface area contributed by atoms with E-state index in [1.807, 2.05) is 6.92 Å². The van der Waals surface area contributed by atoms with Crippen LogP contribution in [-0.4, -0.2) is 23.3 Å². The number of epoxide rings is 1. The van der Waals surface area contributed by atoms with Crippen molar-refractivity contribution in [2.24, 2.45) is 0 Å². The first kappa shape index (κ1) is 6.55. The first-order valence-electron chi connectivity index (χ1n) is 3.11. The lowest BCUT2D eigenvalue weighted by Crippen LogP contribution is -2.02. The first-order valence-corrected chi connectivity index (χ1v) is 3.11. The van der Waals surface area contributed by atoms with Crippen LogP contribution in [0.4, 0.5) is 0 Å². The highest BCUT2D eigenvalue weighted by Crippen LogP contribution is 2.27. The monoisotopic (exact) mass is 130 g/mol. The smallest absolute Gasteiger partial charge is 0.306 e. The molecule has 52 valence electrons. The van der Waals surface area contributed by atoms with Gasteiger partial charge in [0.2, 0.25) is 0 Å². The second-order valence-corrected chi connectivity index (χ2v) is 2.22. The van der Waals surface area contributed by atoms with Gasteiger partial charge in [0.1, 0.15) is 0 Å². The van der Waals surface area contributed by atoms with E-state index < -0.39 is 5.97 Å². The van der Waals surface area contributed by atoms with E-state index in [2.05, 4.69) is 0 Å². The molecule has 2 atom stereocenters. The van der Waals surface area contributed by atoms with E-state index in [-0.39, 0.29) is 18.6 Å². The zero-order valence-corrected chi connectivity index (χ0v) is 5.33. The fraction of sp³-hybridized carbons (Fsp3) is 0.833. The molecular weight excluding hydrogens is 120 g/mol. The van der Waals surface area contributed by atoms with Crippen molar-refractivity contribution in [1.29, 1.82) is 0 Å². The zero-order valence-electron chi connectivity index (χ0n) is 5.33. The van der Waals surface area contributed by atoms with Gasteiger partial charge in [-0.2, -0.15) is 0 Å². The number of carbonyl (C=O) groups is 1. The van der Waals surface area contributed by atoms with Crippen molar-refractivity contribution in [2.75, 3.05) is 0 Å². The van der Waals surface area contributed by atoms with Crippen LogP contribution in [0.1, 0.15) is 19.8 Å². The van der Waals surface area contributed by atoms with E-state index in [4.69, 9.17) is 9.84 Å². The summed E-state index contributed by atoms with van der Waals surface area (Å²) in [6.07, 6.45) is 1.32. The number of carboxylic acid groups (broad SMARTS) is 1. The molecule has 1 rings (SSSR count). The van der Waals surface area contributed by atoms with E-state index in [9.17, 15) is 4.79 Å². The maximum Gasteiger partial charge on any atom is 0.306 e. The van der Waals surface area contributed by atoms with Crippen LogP contribution in [0.5, 0.6) is 0 Å².